The Morgan fingerprint density at radius 3 is 2.48 bits per heavy atom. The van der Waals surface area contributed by atoms with Gasteiger partial charge < -0.3 is 9.47 Å². The molecule has 5 rings (SSSR count). The molecule has 0 spiro atoms. The van der Waals surface area contributed by atoms with Crippen LogP contribution < -0.4 is 14.4 Å². The fourth-order valence-electron chi connectivity index (χ4n) is 4.74. The summed E-state index contributed by atoms with van der Waals surface area (Å²) in [7, 11) is 0. The Labute approximate surface area is 182 Å². The molecule has 3 aliphatic heterocycles. The maximum absolute atomic E-state index is 13.2. The highest BCUT2D eigenvalue weighted by molar-refractivity contribution is 6.22. The van der Waals surface area contributed by atoms with Crippen molar-refractivity contribution in [3.8, 4) is 11.5 Å². The van der Waals surface area contributed by atoms with E-state index in [9.17, 15) is 9.59 Å². The molecular weight excluding hydrogens is 394 g/mol. The number of anilines is 1. The Morgan fingerprint density at radius 2 is 1.71 bits per heavy atom. The first kappa shape index (κ1) is 20.0. The van der Waals surface area contributed by atoms with Crippen molar-refractivity contribution in [3.63, 3.8) is 0 Å². The largest absolute Gasteiger partial charge is 0.454 e. The molecule has 0 unspecified atom stereocenters. The van der Waals surface area contributed by atoms with Gasteiger partial charge in [-0.2, -0.15) is 0 Å². The number of ether oxygens (including phenoxy) is 2. The van der Waals surface area contributed by atoms with Crippen LogP contribution in [0.1, 0.15) is 23.1 Å². The lowest BCUT2D eigenvalue weighted by atomic mass is 10.1. The summed E-state index contributed by atoms with van der Waals surface area (Å²) in [5.74, 6) is 1.40. The number of benzene rings is 2. The molecule has 0 N–H and O–H groups in total. The molecule has 2 aromatic rings. The van der Waals surface area contributed by atoms with E-state index in [1.807, 2.05) is 44.2 Å². The van der Waals surface area contributed by atoms with E-state index in [4.69, 9.17) is 9.47 Å². The third-order valence-electron chi connectivity index (χ3n) is 6.41. The summed E-state index contributed by atoms with van der Waals surface area (Å²) in [4.78, 5) is 31.8. The molecule has 1 atom stereocenters. The molecule has 7 nitrogen and oxygen atoms in total. The van der Waals surface area contributed by atoms with E-state index in [-0.39, 0.29) is 31.1 Å². The Balaban J connectivity index is 1.21. The molecule has 3 heterocycles. The minimum Gasteiger partial charge on any atom is -0.454 e. The lowest BCUT2D eigenvalue weighted by molar-refractivity contribution is -0.123. The standard InChI is InChI=1S/C24H27N3O4/c1-16-3-5-19(17(2)11-16)27-23(28)13-20(24(27)29)26-9-7-25(8-10-26)14-18-4-6-21-22(12-18)31-15-30-21/h3-6,11-12,20H,7-10,13-15H2,1-2H3/t20-/m1/s1. The molecule has 2 saturated heterocycles. The second-order valence-corrected chi connectivity index (χ2v) is 8.58. The van der Waals surface area contributed by atoms with Crippen LogP contribution in [0, 0.1) is 13.8 Å². The minimum atomic E-state index is -0.360. The van der Waals surface area contributed by atoms with E-state index >= 15 is 0 Å². The minimum absolute atomic E-state index is 0.0961. The van der Waals surface area contributed by atoms with E-state index in [1.165, 1.54) is 10.5 Å². The summed E-state index contributed by atoms with van der Waals surface area (Å²) in [6, 6.07) is 11.5. The van der Waals surface area contributed by atoms with Crippen molar-refractivity contribution in [2.45, 2.75) is 32.9 Å². The number of hydrogen-bond acceptors (Lipinski definition) is 6. The lowest BCUT2D eigenvalue weighted by Crippen LogP contribution is -2.52. The molecule has 7 heteroatoms. The van der Waals surface area contributed by atoms with Crippen LogP contribution in [-0.4, -0.2) is 60.6 Å². The van der Waals surface area contributed by atoms with Gasteiger partial charge in [-0.1, -0.05) is 23.8 Å². The van der Waals surface area contributed by atoms with Gasteiger partial charge in [0.05, 0.1) is 18.2 Å². The summed E-state index contributed by atoms with van der Waals surface area (Å²) in [5, 5.41) is 0. The molecule has 0 bridgehead atoms. The van der Waals surface area contributed by atoms with Gasteiger partial charge in [-0.3, -0.25) is 19.4 Å². The van der Waals surface area contributed by atoms with Gasteiger partial charge in [-0.05, 0) is 43.2 Å². The zero-order chi connectivity index (χ0) is 21.5. The van der Waals surface area contributed by atoms with Gasteiger partial charge in [-0.25, -0.2) is 4.90 Å². The highest BCUT2D eigenvalue weighted by atomic mass is 16.7. The van der Waals surface area contributed by atoms with Crippen LogP contribution in [-0.2, 0) is 16.1 Å². The van der Waals surface area contributed by atoms with E-state index in [1.54, 1.807) is 0 Å². The molecule has 162 valence electrons. The molecule has 2 fully saturated rings. The predicted molar refractivity (Wildman–Crippen MR) is 116 cm³/mol. The summed E-state index contributed by atoms with van der Waals surface area (Å²) in [6.45, 7) is 8.33. The first-order chi connectivity index (χ1) is 15.0. The summed E-state index contributed by atoms with van der Waals surface area (Å²) in [6.07, 6.45) is 0.258. The molecule has 0 aromatic heterocycles. The fraction of sp³-hybridized carbons (Fsp3) is 0.417. The van der Waals surface area contributed by atoms with Crippen LogP contribution in [0.3, 0.4) is 0 Å². The van der Waals surface area contributed by atoms with Gasteiger partial charge in [0, 0.05) is 32.7 Å². The van der Waals surface area contributed by atoms with Gasteiger partial charge in [-0.15, -0.1) is 0 Å². The Morgan fingerprint density at radius 1 is 0.935 bits per heavy atom. The van der Waals surface area contributed by atoms with Crippen LogP contribution >= 0.6 is 0 Å². The fourth-order valence-corrected chi connectivity index (χ4v) is 4.74. The molecule has 0 aliphatic carbocycles. The average molecular weight is 421 g/mol. The molecule has 31 heavy (non-hydrogen) atoms. The number of carbonyl (C=O) groups is 2. The second-order valence-electron chi connectivity index (χ2n) is 8.58. The van der Waals surface area contributed by atoms with Crippen LogP contribution in [0.2, 0.25) is 0 Å². The highest BCUT2D eigenvalue weighted by Crippen LogP contribution is 2.33. The lowest BCUT2D eigenvalue weighted by Gasteiger charge is -2.37. The first-order valence-corrected chi connectivity index (χ1v) is 10.8. The van der Waals surface area contributed by atoms with Crippen molar-refractivity contribution in [2.24, 2.45) is 0 Å². The Hall–Kier alpha value is -2.90. The third-order valence-corrected chi connectivity index (χ3v) is 6.41. The summed E-state index contributed by atoms with van der Waals surface area (Å²) >= 11 is 0. The predicted octanol–water partition coefficient (Wildman–Crippen LogP) is 2.48. The van der Waals surface area contributed by atoms with Crippen molar-refractivity contribution in [1.82, 2.24) is 9.80 Å². The van der Waals surface area contributed by atoms with Gasteiger partial charge in [0.2, 0.25) is 12.7 Å². The van der Waals surface area contributed by atoms with E-state index < -0.39 is 0 Å². The number of aryl methyl sites for hydroxylation is 2. The number of imide groups is 1. The molecule has 0 saturated carbocycles. The first-order valence-electron chi connectivity index (χ1n) is 10.8. The van der Waals surface area contributed by atoms with Gasteiger partial charge >= 0.3 is 0 Å². The molecular formula is C24H27N3O4. The summed E-state index contributed by atoms with van der Waals surface area (Å²) < 4.78 is 10.9. The van der Waals surface area contributed by atoms with Crippen LogP contribution in [0.15, 0.2) is 36.4 Å². The van der Waals surface area contributed by atoms with Crippen molar-refractivity contribution < 1.29 is 19.1 Å². The highest BCUT2D eigenvalue weighted by Gasteiger charge is 2.43. The number of nitrogens with zero attached hydrogens (tertiary/aromatic N) is 3. The number of carbonyl (C=O) groups excluding carboxylic acids is 2. The Bertz CT molecular complexity index is 1030. The van der Waals surface area contributed by atoms with E-state index in [2.05, 4.69) is 15.9 Å². The van der Waals surface area contributed by atoms with Crippen LogP contribution in [0.4, 0.5) is 5.69 Å². The van der Waals surface area contributed by atoms with Gasteiger partial charge in [0.1, 0.15) is 0 Å². The quantitative estimate of drug-likeness (QED) is 0.707. The third kappa shape index (κ3) is 3.79. The van der Waals surface area contributed by atoms with Crippen molar-refractivity contribution >= 4 is 17.5 Å². The van der Waals surface area contributed by atoms with Crippen molar-refractivity contribution in [1.29, 1.82) is 0 Å². The van der Waals surface area contributed by atoms with E-state index in [0.717, 1.165) is 55.3 Å². The molecule has 0 radical (unpaired) electrons. The number of rotatable bonds is 4. The van der Waals surface area contributed by atoms with Gasteiger partial charge in [0.15, 0.2) is 11.5 Å². The van der Waals surface area contributed by atoms with Crippen LogP contribution in [0.25, 0.3) is 0 Å². The maximum Gasteiger partial charge on any atom is 0.251 e. The monoisotopic (exact) mass is 421 g/mol. The summed E-state index contributed by atoms with van der Waals surface area (Å²) in [5.41, 5.74) is 3.97. The number of fused-ring (bicyclic) bond motifs is 1. The zero-order valence-electron chi connectivity index (χ0n) is 18.0. The normalized spacial score (nSPS) is 21.9. The molecule has 2 amide bonds. The smallest absolute Gasteiger partial charge is 0.251 e. The van der Waals surface area contributed by atoms with Crippen molar-refractivity contribution in [3.05, 3.63) is 53.1 Å². The zero-order valence-corrected chi connectivity index (χ0v) is 18.0. The SMILES string of the molecule is Cc1ccc(N2C(=O)C[C@@H](N3CCN(Cc4ccc5c(c4)OCO5)CC3)C2=O)c(C)c1. The van der Waals surface area contributed by atoms with Gasteiger partial charge in [0.25, 0.3) is 5.91 Å². The maximum atomic E-state index is 13.2. The molecule has 2 aromatic carbocycles. The van der Waals surface area contributed by atoms with E-state index in [0.29, 0.717) is 5.69 Å². The number of piperazine rings is 1. The number of hydrogen-bond donors (Lipinski definition) is 0. The topological polar surface area (TPSA) is 62.3 Å². The van der Waals surface area contributed by atoms with Crippen LogP contribution in [0.5, 0.6) is 11.5 Å². The average Bonchev–Trinajstić information content (AvgIpc) is 3.33. The molecule has 3 aliphatic rings. The van der Waals surface area contributed by atoms with Crippen molar-refractivity contribution in [2.75, 3.05) is 37.9 Å². The number of amides is 2. The second kappa shape index (κ2) is 7.98. The Kier molecular flexibility index (Phi) is 5.16.